The summed E-state index contributed by atoms with van der Waals surface area (Å²) in [6.07, 6.45) is 7.56. The Labute approximate surface area is 146 Å². The van der Waals surface area contributed by atoms with Crippen LogP contribution in [0.25, 0.3) is 33.3 Å². The highest BCUT2D eigenvalue weighted by molar-refractivity contribution is 5.93. The molecule has 1 aromatic carbocycles. The SMILES string of the molecule is CN(Cc1ccc2[nH]c(-c3ccnc4nc[nH]c34)cc2c1)C1CCC1. The maximum Gasteiger partial charge on any atom is 0.178 e. The van der Waals surface area contributed by atoms with E-state index < -0.39 is 0 Å². The number of hydrogen-bond donors (Lipinski definition) is 2. The van der Waals surface area contributed by atoms with E-state index in [1.54, 1.807) is 6.33 Å². The largest absolute Gasteiger partial charge is 0.354 e. The zero-order valence-corrected chi connectivity index (χ0v) is 14.3. The minimum Gasteiger partial charge on any atom is -0.354 e. The molecule has 3 aromatic heterocycles. The van der Waals surface area contributed by atoms with Crippen LogP contribution in [0.1, 0.15) is 24.8 Å². The van der Waals surface area contributed by atoms with Crippen molar-refractivity contribution in [3.05, 3.63) is 48.4 Å². The minimum atomic E-state index is 0.749. The number of hydrogen-bond acceptors (Lipinski definition) is 3. The van der Waals surface area contributed by atoms with Gasteiger partial charge in [-0.3, -0.25) is 4.90 Å². The molecule has 0 amide bonds. The average molecular weight is 331 g/mol. The third-order valence-corrected chi connectivity index (χ3v) is 5.43. The molecule has 0 radical (unpaired) electrons. The van der Waals surface area contributed by atoms with Crippen LogP contribution >= 0.6 is 0 Å². The van der Waals surface area contributed by atoms with Gasteiger partial charge in [-0.25, -0.2) is 9.97 Å². The highest BCUT2D eigenvalue weighted by atomic mass is 15.1. The van der Waals surface area contributed by atoms with Crippen LogP contribution in [0.4, 0.5) is 0 Å². The van der Waals surface area contributed by atoms with Gasteiger partial charge in [0.1, 0.15) is 0 Å². The van der Waals surface area contributed by atoms with Gasteiger partial charge in [0.05, 0.1) is 11.8 Å². The number of pyridine rings is 1. The predicted molar refractivity (Wildman–Crippen MR) is 100 cm³/mol. The third kappa shape index (κ3) is 2.51. The van der Waals surface area contributed by atoms with E-state index in [-0.39, 0.29) is 0 Å². The number of H-pyrrole nitrogens is 2. The van der Waals surface area contributed by atoms with Gasteiger partial charge in [-0.1, -0.05) is 12.5 Å². The fourth-order valence-corrected chi connectivity index (χ4v) is 3.74. The van der Waals surface area contributed by atoms with Crippen LogP contribution in [0.3, 0.4) is 0 Å². The zero-order valence-electron chi connectivity index (χ0n) is 14.3. The van der Waals surface area contributed by atoms with E-state index in [0.29, 0.717) is 0 Å². The molecule has 0 spiro atoms. The Bertz CT molecular complexity index is 1040. The molecule has 3 heterocycles. The third-order valence-electron chi connectivity index (χ3n) is 5.43. The van der Waals surface area contributed by atoms with Crippen molar-refractivity contribution in [2.24, 2.45) is 0 Å². The Kier molecular flexibility index (Phi) is 3.35. The molecule has 4 aromatic rings. The van der Waals surface area contributed by atoms with Crippen molar-refractivity contribution in [2.45, 2.75) is 31.8 Å². The smallest absolute Gasteiger partial charge is 0.178 e. The summed E-state index contributed by atoms with van der Waals surface area (Å²) < 4.78 is 0. The molecule has 0 bridgehead atoms. The summed E-state index contributed by atoms with van der Waals surface area (Å²) in [5.74, 6) is 0. The van der Waals surface area contributed by atoms with Crippen molar-refractivity contribution in [3.63, 3.8) is 0 Å². The molecular weight excluding hydrogens is 310 g/mol. The maximum atomic E-state index is 4.30. The lowest BCUT2D eigenvalue weighted by Crippen LogP contribution is -2.36. The van der Waals surface area contributed by atoms with E-state index in [1.807, 2.05) is 12.3 Å². The summed E-state index contributed by atoms with van der Waals surface area (Å²) in [5.41, 5.74) is 6.45. The van der Waals surface area contributed by atoms with Gasteiger partial charge >= 0.3 is 0 Å². The highest BCUT2D eigenvalue weighted by Crippen LogP contribution is 2.29. The summed E-state index contributed by atoms with van der Waals surface area (Å²) >= 11 is 0. The lowest BCUT2D eigenvalue weighted by atomic mass is 9.91. The Balaban J connectivity index is 1.50. The number of imidazole rings is 1. The van der Waals surface area contributed by atoms with Gasteiger partial charge in [0.15, 0.2) is 5.65 Å². The van der Waals surface area contributed by atoms with Gasteiger partial charge in [-0.15, -0.1) is 0 Å². The van der Waals surface area contributed by atoms with Crippen LogP contribution in [0.2, 0.25) is 0 Å². The number of benzene rings is 1. The van der Waals surface area contributed by atoms with Crippen molar-refractivity contribution < 1.29 is 0 Å². The number of aromatic amines is 2. The fourth-order valence-electron chi connectivity index (χ4n) is 3.74. The van der Waals surface area contributed by atoms with Gasteiger partial charge < -0.3 is 9.97 Å². The summed E-state index contributed by atoms with van der Waals surface area (Å²) in [6.45, 7) is 1.02. The molecule has 126 valence electrons. The van der Waals surface area contributed by atoms with E-state index >= 15 is 0 Å². The van der Waals surface area contributed by atoms with Gasteiger partial charge in [0, 0.05) is 40.9 Å². The predicted octanol–water partition coefficient (Wildman–Crippen LogP) is 4.09. The van der Waals surface area contributed by atoms with Crippen LogP contribution in [0.5, 0.6) is 0 Å². The molecule has 1 fully saturated rings. The van der Waals surface area contributed by atoms with Crippen LogP contribution in [-0.2, 0) is 6.54 Å². The molecule has 0 aliphatic heterocycles. The number of rotatable bonds is 4. The van der Waals surface area contributed by atoms with Gasteiger partial charge in [0.25, 0.3) is 0 Å². The molecule has 2 N–H and O–H groups in total. The van der Waals surface area contributed by atoms with Crippen LogP contribution in [0.15, 0.2) is 42.9 Å². The average Bonchev–Trinajstić information content (AvgIpc) is 3.18. The first-order chi connectivity index (χ1) is 12.3. The molecule has 1 aliphatic rings. The summed E-state index contributed by atoms with van der Waals surface area (Å²) in [7, 11) is 2.24. The van der Waals surface area contributed by atoms with E-state index in [1.165, 1.54) is 30.2 Å². The minimum absolute atomic E-state index is 0.749. The first-order valence-electron chi connectivity index (χ1n) is 8.88. The molecule has 5 rings (SSSR count). The monoisotopic (exact) mass is 331 g/mol. The Hall–Kier alpha value is -2.66. The number of nitrogens with one attached hydrogen (secondary N) is 2. The Morgan fingerprint density at radius 3 is 2.92 bits per heavy atom. The highest BCUT2D eigenvalue weighted by Gasteiger charge is 2.21. The second-order valence-electron chi connectivity index (χ2n) is 7.06. The molecular formula is C20H21N5. The second kappa shape index (κ2) is 5.70. The van der Waals surface area contributed by atoms with Gasteiger partial charge in [-0.05, 0) is 49.7 Å². The Morgan fingerprint density at radius 1 is 1.16 bits per heavy atom. The second-order valence-corrected chi connectivity index (χ2v) is 7.06. The first-order valence-corrected chi connectivity index (χ1v) is 8.88. The van der Waals surface area contributed by atoms with Crippen molar-refractivity contribution in [1.82, 2.24) is 24.8 Å². The molecule has 0 saturated heterocycles. The van der Waals surface area contributed by atoms with E-state index in [0.717, 1.165) is 40.5 Å². The zero-order chi connectivity index (χ0) is 16.8. The summed E-state index contributed by atoms with van der Waals surface area (Å²) in [6, 6.07) is 11.7. The summed E-state index contributed by atoms with van der Waals surface area (Å²) in [4.78, 5) is 17.8. The van der Waals surface area contributed by atoms with Gasteiger partial charge in [-0.2, -0.15) is 0 Å². The number of aromatic nitrogens is 4. The maximum absolute atomic E-state index is 4.30. The molecule has 25 heavy (non-hydrogen) atoms. The fraction of sp³-hybridized carbons (Fsp3) is 0.300. The van der Waals surface area contributed by atoms with Crippen LogP contribution in [-0.4, -0.2) is 37.9 Å². The van der Waals surface area contributed by atoms with E-state index in [2.05, 4.69) is 56.1 Å². The molecule has 0 unspecified atom stereocenters. The lowest BCUT2D eigenvalue weighted by Gasteiger charge is -2.34. The van der Waals surface area contributed by atoms with Crippen LogP contribution in [0, 0.1) is 0 Å². The number of nitrogens with zero attached hydrogens (tertiary/aromatic N) is 3. The van der Waals surface area contributed by atoms with Crippen molar-refractivity contribution >= 4 is 22.1 Å². The number of fused-ring (bicyclic) bond motifs is 2. The van der Waals surface area contributed by atoms with Gasteiger partial charge in [0.2, 0.25) is 0 Å². The Morgan fingerprint density at radius 2 is 2.08 bits per heavy atom. The molecule has 5 heteroatoms. The quantitative estimate of drug-likeness (QED) is 0.592. The van der Waals surface area contributed by atoms with Crippen molar-refractivity contribution in [2.75, 3.05) is 7.05 Å². The van der Waals surface area contributed by atoms with Crippen LogP contribution < -0.4 is 0 Å². The first kappa shape index (κ1) is 14.7. The van der Waals surface area contributed by atoms with E-state index in [4.69, 9.17) is 0 Å². The normalized spacial score (nSPS) is 15.3. The lowest BCUT2D eigenvalue weighted by molar-refractivity contribution is 0.153. The molecule has 1 aliphatic carbocycles. The topological polar surface area (TPSA) is 60.6 Å². The summed E-state index contributed by atoms with van der Waals surface area (Å²) in [5, 5.41) is 1.25. The van der Waals surface area contributed by atoms with E-state index in [9.17, 15) is 0 Å². The van der Waals surface area contributed by atoms with Crippen molar-refractivity contribution in [1.29, 1.82) is 0 Å². The molecule has 0 atom stereocenters. The molecule has 5 nitrogen and oxygen atoms in total. The van der Waals surface area contributed by atoms with Crippen molar-refractivity contribution in [3.8, 4) is 11.3 Å². The molecule has 1 saturated carbocycles. The standard InChI is InChI=1S/C20H21N5/c1-25(15-3-2-4-15)11-13-5-6-17-14(9-13)10-18(24-17)16-7-8-21-20-19(16)22-12-23-20/h5-10,12,15,24H,2-4,11H2,1H3,(H,21,22,23).